The first-order chi connectivity index (χ1) is 7.85. The van der Waals surface area contributed by atoms with Crippen LogP contribution in [0.5, 0.6) is 0 Å². The van der Waals surface area contributed by atoms with E-state index in [1.807, 2.05) is 52.9 Å². The van der Waals surface area contributed by atoms with Crippen molar-refractivity contribution in [2.24, 2.45) is 0 Å². The van der Waals surface area contributed by atoms with E-state index in [-0.39, 0.29) is 11.4 Å². The van der Waals surface area contributed by atoms with Gasteiger partial charge in [0.05, 0.1) is 0 Å². The molecule has 0 unspecified atom stereocenters. The lowest BCUT2D eigenvalue weighted by Gasteiger charge is -2.23. The summed E-state index contributed by atoms with van der Waals surface area (Å²) in [6, 6.07) is 5.94. The molecule has 94 valence electrons. The van der Waals surface area contributed by atoms with Crippen LogP contribution in [0.3, 0.4) is 0 Å². The van der Waals surface area contributed by atoms with Gasteiger partial charge in [0.1, 0.15) is 0 Å². The molecule has 0 atom stereocenters. The standard InChI is InChI=1S/C14H22N2O/c1-10-7-6-8-12(11(10)2)16-13(17)9-14(3,4)15-5/h6-8,15H,9H2,1-5H3,(H,16,17). The molecule has 0 aromatic heterocycles. The van der Waals surface area contributed by atoms with Gasteiger partial charge in [-0.2, -0.15) is 0 Å². The Morgan fingerprint density at radius 1 is 1.29 bits per heavy atom. The second-order valence-corrected chi connectivity index (χ2v) is 5.11. The highest BCUT2D eigenvalue weighted by Crippen LogP contribution is 2.19. The molecule has 0 aliphatic heterocycles. The Labute approximate surface area is 104 Å². The number of carbonyl (C=O) groups excluding carboxylic acids is 1. The average molecular weight is 234 g/mol. The molecular weight excluding hydrogens is 212 g/mol. The number of anilines is 1. The lowest BCUT2D eigenvalue weighted by atomic mass is 10.0. The number of hydrogen-bond acceptors (Lipinski definition) is 2. The van der Waals surface area contributed by atoms with E-state index in [2.05, 4.69) is 10.6 Å². The van der Waals surface area contributed by atoms with Crippen LogP contribution in [-0.2, 0) is 4.79 Å². The molecule has 0 aliphatic rings. The van der Waals surface area contributed by atoms with E-state index in [1.165, 1.54) is 5.56 Å². The van der Waals surface area contributed by atoms with E-state index in [4.69, 9.17) is 0 Å². The van der Waals surface area contributed by atoms with E-state index in [1.54, 1.807) is 0 Å². The molecule has 0 saturated carbocycles. The molecule has 0 radical (unpaired) electrons. The Morgan fingerprint density at radius 3 is 2.53 bits per heavy atom. The highest BCUT2D eigenvalue weighted by atomic mass is 16.1. The molecule has 0 aliphatic carbocycles. The highest BCUT2D eigenvalue weighted by Gasteiger charge is 2.19. The van der Waals surface area contributed by atoms with Crippen LogP contribution in [0.1, 0.15) is 31.4 Å². The summed E-state index contributed by atoms with van der Waals surface area (Å²) in [5.41, 5.74) is 3.04. The van der Waals surface area contributed by atoms with E-state index in [0.29, 0.717) is 6.42 Å². The SMILES string of the molecule is CNC(C)(C)CC(=O)Nc1cccc(C)c1C. The fraction of sp³-hybridized carbons (Fsp3) is 0.500. The molecule has 1 rings (SSSR count). The summed E-state index contributed by atoms with van der Waals surface area (Å²) < 4.78 is 0. The molecule has 17 heavy (non-hydrogen) atoms. The van der Waals surface area contributed by atoms with Crippen LogP contribution in [0.4, 0.5) is 5.69 Å². The van der Waals surface area contributed by atoms with E-state index < -0.39 is 0 Å². The molecule has 0 fully saturated rings. The van der Waals surface area contributed by atoms with Gasteiger partial charge in [-0.1, -0.05) is 12.1 Å². The first-order valence-electron chi connectivity index (χ1n) is 5.91. The largest absolute Gasteiger partial charge is 0.326 e. The van der Waals surface area contributed by atoms with Gasteiger partial charge in [-0.05, 0) is 51.9 Å². The van der Waals surface area contributed by atoms with Crippen molar-refractivity contribution in [3.05, 3.63) is 29.3 Å². The van der Waals surface area contributed by atoms with Crippen LogP contribution in [-0.4, -0.2) is 18.5 Å². The predicted molar refractivity (Wildman–Crippen MR) is 72.3 cm³/mol. The minimum atomic E-state index is -0.179. The number of aryl methyl sites for hydroxylation is 1. The number of hydrogen-bond donors (Lipinski definition) is 2. The van der Waals surface area contributed by atoms with Gasteiger partial charge in [-0.3, -0.25) is 4.79 Å². The van der Waals surface area contributed by atoms with Crippen molar-refractivity contribution in [2.75, 3.05) is 12.4 Å². The zero-order chi connectivity index (χ0) is 13.1. The van der Waals surface area contributed by atoms with Crippen LogP contribution in [0.25, 0.3) is 0 Å². The molecule has 2 N–H and O–H groups in total. The van der Waals surface area contributed by atoms with Crippen molar-refractivity contribution >= 4 is 11.6 Å². The molecule has 0 bridgehead atoms. The Balaban J connectivity index is 2.72. The third-order valence-corrected chi connectivity index (χ3v) is 3.16. The quantitative estimate of drug-likeness (QED) is 0.841. The van der Waals surface area contributed by atoms with Gasteiger partial charge in [0.2, 0.25) is 5.91 Å². The van der Waals surface area contributed by atoms with Crippen LogP contribution >= 0.6 is 0 Å². The number of benzene rings is 1. The van der Waals surface area contributed by atoms with E-state index in [0.717, 1.165) is 11.3 Å². The summed E-state index contributed by atoms with van der Waals surface area (Å²) in [4.78, 5) is 11.9. The van der Waals surface area contributed by atoms with Gasteiger partial charge in [0.15, 0.2) is 0 Å². The van der Waals surface area contributed by atoms with Gasteiger partial charge >= 0.3 is 0 Å². The molecule has 3 heteroatoms. The molecule has 0 spiro atoms. The molecule has 1 amide bonds. The maximum absolute atomic E-state index is 11.9. The maximum Gasteiger partial charge on any atom is 0.226 e. The molecule has 3 nitrogen and oxygen atoms in total. The summed E-state index contributed by atoms with van der Waals surface area (Å²) in [6.45, 7) is 8.09. The summed E-state index contributed by atoms with van der Waals surface area (Å²) in [6.07, 6.45) is 0.455. The zero-order valence-electron chi connectivity index (χ0n) is 11.3. The fourth-order valence-corrected chi connectivity index (χ4v) is 1.57. The first-order valence-corrected chi connectivity index (χ1v) is 5.91. The van der Waals surface area contributed by atoms with Gasteiger partial charge in [-0.15, -0.1) is 0 Å². The summed E-state index contributed by atoms with van der Waals surface area (Å²) in [7, 11) is 1.87. The highest BCUT2D eigenvalue weighted by molar-refractivity contribution is 5.92. The second-order valence-electron chi connectivity index (χ2n) is 5.11. The third kappa shape index (κ3) is 3.86. The second kappa shape index (κ2) is 5.32. The Morgan fingerprint density at radius 2 is 1.94 bits per heavy atom. The van der Waals surface area contributed by atoms with Crippen molar-refractivity contribution in [2.45, 2.75) is 39.7 Å². The van der Waals surface area contributed by atoms with Crippen LogP contribution in [0.15, 0.2) is 18.2 Å². The molecular formula is C14H22N2O. The lowest BCUT2D eigenvalue weighted by molar-refractivity contribution is -0.117. The molecule has 0 saturated heterocycles. The lowest BCUT2D eigenvalue weighted by Crippen LogP contribution is -2.39. The summed E-state index contributed by atoms with van der Waals surface area (Å²) >= 11 is 0. The van der Waals surface area contributed by atoms with Gasteiger partial charge in [0, 0.05) is 17.6 Å². The number of rotatable bonds is 4. The van der Waals surface area contributed by atoms with Gasteiger partial charge in [0.25, 0.3) is 0 Å². The third-order valence-electron chi connectivity index (χ3n) is 3.16. The number of carbonyl (C=O) groups is 1. The van der Waals surface area contributed by atoms with Gasteiger partial charge in [-0.25, -0.2) is 0 Å². The van der Waals surface area contributed by atoms with Crippen LogP contribution in [0, 0.1) is 13.8 Å². The Bertz CT molecular complexity index is 411. The minimum absolute atomic E-state index is 0.0399. The summed E-state index contributed by atoms with van der Waals surface area (Å²) in [5, 5.41) is 6.09. The molecule has 0 heterocycles. The van der Waals surface area contributed by atoms with Crippen molar-refractivity contribution < 1.29 is 4.79 Å². The number of amides is 1. The first kappa shape index (κ1) is 13.7. The monoisotopic (exact) mass is 234 g/mol. The topological polar surface area (TPSA) is 41.1 Å². The van der Waals surface area contributed by atoms with Crippen LogP contribution < -0.4 is 10.6 Å². The predicted octanol–water partition coefficient (Wildman–Crippen LogP) is 2.63. The minimum Gasteiger partial charge on any atom is -0.326 e. The number of nitrogens with one attached hydrogen (secondary N) is 2. The average Bonchev–Trinajstić information content (AvgIpc) is 2.24. The van der Waals surface area contributed by atoms with E-state index >= 15 is 0 Å². The zero-order valence-corrected chi connectivity index (χ0v) is 11.3. The fourth-order valence-electron chi connectivity index (χ4n) is 1.57. The molecule has 1 aromatic rings. The maximum atomic E-state index is 11.9. The van der Waals surface area contributed by atoms with Crippen molar-refractivity contribution in [1.82, 2.24) is 5.32 Å². The van der Waals surface area contributed by atoms with Crippen molar-refractivity contribution in [3.8, 4) is 0 Å². The Hall–Kier alpha value is -1.35. The normalized spacial score (nSPS) is 11.4. The van der Waals surface area contributed by atoms with Crippen LogP contribution in [0.2, 0.25) is 0 Å². The van der Waals surface area contributed by atoms with Gasteiger partial charge < -0.3 is 10.6 Å². The van der Waals surface area contributed by atoms with Crippen molar-refractivity contribution in [1.29, 1.82) is 0 Å². The smallest absolute Gasteiger partial charge is 0.226 e. The van der Waals surface area contributed by atoms with Crippen molar-refractivity contribution in [3.63, 3.8) is 0 Å². The molecule has 1 aromatic carbocycles. The Kier molecular flexibility index (Phi) is 4.29. The van der Waals surface area contributed by atoms with E-state index in [9.17, 15) is 4.79 Å². The summed E-state index contributed by atoms with van der Waals surface area (Å²) in [5.74, 6) is 0.0399.